The molecule has 1 unspecified atom stereocenters. The summed E-state index contributed by atoms with van der Waals surface area (Å²) in [6, 6.07) is 13.7. The Morgan fingerprint density at radius 1 is 1.20 bits per heavy atom. The van der Waals surface area contributed by atoms with Crippen molar-refractivity contribution in [2.24, 2.45) is 0 Å². The summed E-state index contributed by atoms with van der Waals surface area (Å²) in [5.74, 6) is -0.432. The van der Waals surface area contributed by atoms with Gasteiger partial charge in [0.05, 0.1) is 17.7 Å². The molecule has 2 aromatic rings. The minimum absolute atomic E-state index is 0.263. The van der Waals surface area contributed by atoms with Gasteiger partial charge in [0.1, 0.15) is 5.82 Å². The highest BCUT2D eigenvalue weighted by Gasteiger charge is 2.17. The summed E-state index contributed by atoms with van der Waals surface area (Å²) in [5, 5.41) is 18.5. The molecule has 1 N–H and O–H groups in total. The Morgan fingerprint density at radius 2 is 1.85 bits per heavy atom. The van der Waals surface area contributed by atoms with Gasteiger partial charge in [0, 0.05) is 24.0 Å². The largest absolute Gasteiger partial charge is 0.389 e. The molecule has 0 amide bonds. The molecule has 0 saturated heterocycles. The molecule has 0 radical (unpaired) electrons. The number of nitrogens with zero attached hydrogens (tertiary/aromatic N) is 2. The lowest BCUT2D eigenvalue weighted by atomic mass is 10.1. The van der Waals surface area contributed by atoms with Gasteiger partial charge in [-0.15, -0.1) is 0 Å². The first kappa shape index (κ1) is 14.0. The predicted octanol–water partition coefficient (Wildman–Crippen LogP) is 3.52. The van der Waals surface area contributed by atoms with Gasteiger partial charge in [-0.25, -0.2) is 4.39 Å². The summed E-state index contributed by atoms with van der Waals surface area (Å²) in [6.45, 7) is 1.54. The van der Waals surface area contributed by atoms with Crippen molar-refractivity contribution < 1.29 is 9.50 Å². The molecule has 0 aliphatic heterocycles. The summed E-state index contributed by atoms with van der Waals surface area (Å²) in [7, 11) is 1.79. The van der Waals surface area contributed by atoms with Crippen LogP contribution < -0.4 is 4.90 Å². The highest BCUT2D eigenvalue weighted by atomic mass is 19.1. The first-order chi connectivity index (χ1) is 9.54. The van der Waals surface area contributed by atoms with Crippen LogP contribution in [0.4, 0.5) is 15.8 Å². The predicted molar refractivity (Wildman–Crippen MR) is 76.3 cm³/mol. The number of aliphatic hydroxyl groups is 1. The van der Waals surface area contributed by atoms with Gasteiger partial charge in [0.25, 0.3) is 0 Å². The number of aliphatic hydroxyl groups excluding tert-OH is 1. The Kier molecular flexibility index (Phi) is 4.02. The summed E-state index contributed by atoms with van der Waals surface area (Å²) >= 11 is 0. The molecule has 0 aliphatic carbocycles. The third kappa shape index (κ3) is 2.63. The van der Waals surface area contributed by atoms with E-state index in [1.54, 1.807) is 48.3 Å². The number of benzene rings is 2. The van der Waals surface area contributed by atoms with E-state index in [-0.39, 0.29) is 5.56 Å². The molecule has 0 spiro atoms. The van der Waals surface area contributed by atoms with Crippen molar-refractivity contribution in [3.05, 3.63) is 59.4 Å². The highest BCUT2D eigenvalue weighted by molar-refractivity contribution is 5.67. The second kappa shape index (κ2) is 5.72. The summed E-state index contributed by atoms with van der Waals surface area (Å²) in [6.07, 6.45) is -0.896. The number of hydrogen-bond donors (Lipinski definition) is 1. The van der Waals surface area contributed by atoms with Crippen LogP contribution in [0.15, 0.2) is 42.5 Å². The molecule has 1 atom stereocenters. The van der Waals surface area contributed by atoms with Gasteiger partial charge in [0.2, 0.25) is 0 Å². The Bertz CT molecular complexity index is 645. The van der Waals surface area contributed by atoms with E-state index in [0.29, 0.717) is 11.3 Å². The second-order valence-electron chi connectivity index (χ2n) is 4.57. The zero-order valence-electron chi connectivity index (χ0n) is 11.3. The number of rotatable bonds is 3. The topological polar surface area (TPSA) is 47.3 Å². The average Bonchev–Trinajstić information content (AvgIpc) is 2.46. The molecular formula is C16H15FN2O. The van der Waals surface area contributed by atoms with Gasteiger partial charge in [-0.05, 0) is 43.3 Å². The smallest absolute Gasteiger partial charge is 0.131 e. The van der Waals surface area contributed by atoms with Crippen LogP contribution in [0.5, 0.6) is 0 Å². The van der Waals surface area contributed by atoms with Crippen molar-refractivity contribution in [3.8, 4) is 6.07 Å². The zero-order valence-corrected chi connectivity index (χ0v) is 11.3. The van der Waals surface area contributed by atoms with Crippen LogP contribution in [-0.2, 0) is 0 Å². The van der Waals surface area contributed by atoms with Crippen molar-refractivity contribution in [2.45, 2.75) is 13.0 Å². The number of hydrogen-bond acceptors (Lipinski definition) is 3. The maximum absolute atomic E-state index is 13.9. The molecule has 0 heterocycles. The summed E-state index contributed by atoms with van der Waals surface area (Å²) in [5.41, 5.74) is 2.25. The molecule has 0 aliphatic rings. The molecule has 0 bridgehead atoms. The fraction of sp³-hybridized carbons (Fsp3) is 0.188. The Balaban J connectivity index is 2.45. The van der Waals surface area contributed by atoms with E-state index in [0.717, 1.165) is 5.69 Å². The van der Waals surface area contributed by atoms with Gasteiger partial charge in [0.15, 0.2) is 0 Å². The van der Waals surface area contributed by atoms with Crippen LogP contribution in [-0.4, -0.2) is 12.2 Å². The van der Waals surface area contributed by atoms with Crippen LogP contribution in [0.1, 0.15) is 24.2 Å². The lowest BCUT2D eigenvalue weighted by molar-refractivity contribution is 0.194. The average molecular weight is 270 g/mol. The standard InChI is InChI=1S/C16H15FN2O/c1-11(20)16-14(17)4-3-5-15(16)19(2)13-8-6-12(10-18)7-9-13/h3-9,11,20H,1-2H3. The maximum atomic E-state index is 13.9. The summed E-state index contributed by atoms with van der Waals surface area (Å²) in [4.78, 5) is 1.78. The zero-order chi connectivity index (χ0) is 14.7. The molecule has 102 valence electrons. The van der Waals surface area contributed by atoms with E-state index in [1.807, 2.05) is 0 Å². The van der Waals surface area contributed by atoms with Crippen LogP contribution in [0.2, 0.25) is 0 Å². The molecule has 2 aromatic carbocycles. The van der Waals surface area contributed by atoms with E-state index in [2.05, 4.69) is 6.07 Å². The van der Waals surface area contributed by atoms with Gasteiger partial charge in [-0.2, -0.15) is 5.26 Å². The van der Waals surface area contributed by atoms with E-state index in [9.17, 15) is 9.50 Å². The van der Waals surface area contributed by atoms with Crippen molar-refractivity contribution >= 4 is 11.4 Å². The van der Waals surface area contributed by atoms with Crippen molar-refractivity contribution in [1.29, 1.82) is 5.26 Å². The van der Waals surface area contributed by atoms with Crippen LogP contribution in [0.3, 0.4) is 0 Å². The fourth-order valence-electron chi connectivity index (χ4n) is 2.13. The number of nitriles is 1. The highest BCUT2D eigenvalue weighted by Crippen LogP contribution is 2.32. The quantitative estimate of drug-likeness (QED) is 0.928. The lowest BCUT2D eigenvalue weighted by Crippen LogP contribution is -2.14. The third-order valence-corrected chi connectivity index (χ3v) is 3.19. The van der Waals surface area contributed by atoms with Crippen molar-refractivity contribution in [2.75, 3.05) is 11.9 Å². The van der Waals surface area contributed by atoms with E-state index in [1.165, 1.54) is 13.0 Å². The van der Waals surface area contributed by atoms with Gasteiger partial charge in [-0.1, -0.05) is 6.07 Å². The molecule has 2 rings (SSSR count). The first-order valence-corrected chi connectivity index (χ1v) is 6.25. The minimum Gasteiger partial charge on any atom is -0.389 e. The maximum Gasteiger partial charge on any atom is 0.131 e. The molecule has 0 fully saturated rings. The van der Waals surface area contributed by atoms with Crippen LogP contribution in [0, 0.1) is 17.1 Å². The molecular weight excluding hydrogens is 255 g/mol. The van der Waals surface area contributed by atoms with Gasteiger partial charge >= 0.3 is 0 Å². The van der Waals surface area contributed by atoms with Crippen molar-refractivity contribution in [3.63, 3.8) is 0 Å². The minimum atomic E-state index is -0.896. The molecule has 20 heavy (non-hydrogen) atoms. The SMILES string of the molecule is CC(O)c1c(F)cccc1N(C)c1ccc(C#N)cc1. The Labute approximate surface area is 117 Å². The molecule has 0 aromatic heterocycles. The van der Waals surface area contributed by atoms with E-state index >= 15 is 0 Å². The fourth-order valence-corrected chi connectivity index (χ4v) is 2.13. The van der Waals surface area contributed by atoms with Crippen LogP contribution in [0.25, 0.3) is 0 Å². The Morgan fingerprint density at radius 3 is 2.40 bits per heavy atom. The monoisotopic (exact) mass is 270 g/mol. The summed E-state index contributed by atoms with van der Waals surface area (Å²) < 4.78 is 13.9. The second-order valence-corrected chi connectivity index (χ2v) is 4.57. The molecule has 3 nitrogen and oxygen atoms in total. The van der Waals surface area contributed by atoms with Gasteiger partial charge in [-0.3, -0.25) is 0 Å². The third-order valence-electron chi connectivity index (χ3n) is 3.19. The molecule has 4 heteroatoms. The normalized spacial score (nSPS) is 11.8. The number of halogens is 1. The van der Waals surface area contributed by atoms with E-state index < -0.39 is 11.9 Å². The van der Waals surface area contributed by atoms with Crippen LogP contribution >= 0.6 is 0 Å². The first-order valence-electron chi connectivity index (χ1n) is 6.25. The van der Waals surface area contributed by atoms with Crippen molar-refractivity contribution in [1.82, 2.24) is 0 Å². The molecule has 0 saturated carbocycles. The lowest BCUT2D eigenvalue weighted by Gasteiger charge is -2.24. The number of anilines is 2. The van der Waals surface area contributed by atoms with E-state index in [4.69, 9.17) is 5.26 Å². The Hall–Kier alpha value is -2.38. The van der Waals surface area contributed by atoms with Gasteiger partial charge < -0.3 is 10.0 Å².